The van der Waals surface area contributed by atoms with E-state index in [1.165, 1.54) is 38.5 Å². The Hall–Kier alpha value is 0. The molecule has 0 aliphatic heterocycles. The Morgan fingerprint density at radius 3 is 2.36 bits per heavy atom. The van der Waals surface area contributed by atoms with E-state index in [0.717, 1.165) is 23.7 Å². The van der Waals surface area contributed by atoms with Gasteiger partial charge in [-0.15, -0.1) is 0 Å². The lowest BCUT2D eigenvalue weighted by Crippen LogP contribution is -2.19. The summed E-state index contributed by atoms with van der Waals surface area (Å²) in [5, 5.41) is 0. The van der Waals surface area contributed by atoms with Crippen LogP contribution in [0.2, 0.25) is 0 Å². The van der Waals surface area contributed by atoms with Crippen molar-refractivity contribution in [3.05, 3.63) is 0 Å². The maximum atomic E-state index is 2.46. The maximum Gasteiger partial charge on any atom is -0.0360 e. The minimum Gasteiger partial charge on any atom is -0.0654 e. The highest BCUT2D eigenvalue weighted by atomic mass is 14.4. The Balaban J connectivity index is 2.49. The molecule has 4 unspecified atom stereocenters. The van der Waals surface area contributed by atoms with Crippen molar-refractivity contribution in [3.63, 3.8) is 0 Å². The first-order chi connectivity index (χ1) is 6.69. The Morgan fingerprint density at radius 1 is 1.21 bits per heavy atom. The summed E-state index contributed by atoms with van der Waals surface area (Å²) in [6.07, 6.45) is 8.72. The molecule has 1 fully saturated rings. The largest absolute Gasteiger partial charge is 0.0654 e. The van der Waals surface area contributed by atoms with Crippen molar-refractivity contribution in [2.24, 2.45) is 23.7 Å². The van der Waals surface area contributed by atoms with E-state index >= 15 is 0 Å². The molecule has 0 heteroatoms. The zero-order valence-corrected chi connectivity index (χ0v) is 10.6. The summed E-state index contributed by atoms with van der Waals surface area (Å²) < 4.78 is 0. The van der Waals surface area contributed by atoms with Crippen molar-refractivity contribution in [1.82, 2.24) is 0 Å². The molecular formula is C14H28. The molecule has 1 aliphatic rings. The van der Waals surface area contributed by atoms with Gasteiger partial charge in [0.2, 0.25) is 0 Å². The van der Waals surface area contributed by atoms with Gasteiger partial charge in [-0.05, 0) is 36.5 Å². The van der Waals surface area contributed by atoms with Crippen LogP contribution in [0.25, 0.3) is 0 Å². The predicted octanol–water partition coefficient (Wildman–Crippen LogP) is 4.89. The van der Waals surface area contributed by atoms with Gasteiger partial charge in [0.1, 0.15) is 0 Å². The molecule has 1 saturated carbocycles. The lowest BCUT2D eigenvalue weighted by Gasteiger charge is -2.28. The molecule has 0 heterocycles. The molecule has 0 amide bonds. The third-order valence-electron chi connectivity index (χ3n) is 4.34. The van der Waals surface area contributed by atoms with Crippen LogP contribution in [0.4, 0.5) is 0 Å². The monoisotopic (exact) mass is 196 g/mol. The molecule has 0 nitrogen and oxygen atoms in total. The van der Waals surface area contributed by atoms with Crippen molar-refractivity contribution in [2.45, 2.75) is 66.2 Å². The van der Waals surface area contributed by atoms with Gasteiger partial charge >= 0.3 is 0 Å². The summed E-state index contributed by atoms with van der Waals surface area (Å²) in [5.74, 6) is 4.03. The van der Waals surface area contributed by atoms with Crippen LogP contribution >= 0.6 is 0 Å². The van der Waals surface area contributed by atoms with Gasteiger partial charge in [-0.1, -0.05) is 53.4 Å². The Morgan fingerprint density at radius 2 is 1.93 bits per heavy atom. The topological polar surface area (TPSA) is 0 Å². The molecule has 14 heavy (non-hydrogen) atoms. The summed E-state index contributed by atoms with van der Waals surface area (Å²) in [7, 11) is 0. The lowest BCUT2D eigenvalue weighted by atomic mass is 9.77. The molecule has 1 rings (SSSR count). The lowest BCUT2D eigenvalue weighted by molar-refractivity contribution is 0.216. The molecule has 0 aromatic rings. The van der Waals surface area contributed by atoms with E-state index < -0.39 is 0 Å². The highest BCUT2D eigenvalue weighted by Gasteiger charge is 2.30. The SMILES string of the molecule is CCCC(C(C)CC)C1CCC(C)C1. The Labute approximate surface area is 90.5 Å². The summed E-state index contributed by atoms with van der Waals surface area (Å²) in [6, 6.07) is 0. The van der Waals surface area contributed by atoms with Gasteiger partial charge in [-0.3, -0.25) is 0 Å². The average molecular weight is 196 g/mol. The van der Waals surface area contributed by atoms with Crippen molar-refractivity contribution in [3.8, 4) is 0 Å². The normalized spacial score (nSPS) is 31.7. The third kappa shape index (κ3) is 3.00. The smallest absolute Gasteiger partial charge is 0.0360 e. The molecule has 4 atom stereocenters. The molecule has 0 spiro atoms. The molecular weight excluding hydrogens is 168 g/mol. The van der Waals surface area contributed by atoms with Gasteiger partial charge in [0.05, 0.1) is 0 Å². The summed E-state index contributed by atoms with van der Waals surface area (Å²) in [6.45, 7) is 9.59. The van der Waals surface area contributed by atoms with E-state index in [1.807, 2.05) is 0 Å². The highest BCUT2D eigenvalue weighted by Crippen LogP contribution is 2.41. The van der Waals surface area contributed by atoms with Gasteiger partial charge in [0, 0.05) is 0 Å². The van der Waals surface area contributed by atoms with Gasteiger partial charge in [-0.25, -0.2) is 0 Å². The summed E-state index contributed by atoms with van der Waals surface area (Å²) >= 11 is 0. The van der Waals surface area contributed by atoms with E-state index in [2.05, 4.69) is 27.7 Å². The highest BCUT2D eigenvalue weighted by molar-refractivity contribution is 4.81. The first-order valence-corrected chi connectivity index (χ1v) is 6.69. The average Bonchev–Trinajstić information content (AvgIpc) is 2.60. The fourth-order valence-electron chi connectivity index (χ4n) is 3.26. The second-order valence-electron chi connectivity index (χ2n) is 5.52. The third-order valence-corrected chi connectivity index (χ3v) is 4.34. The second kappa shape index (κ2) is 5.78. The fourth-order valence-corrected chi connectivity index (χ4v) is 3.26. The predicted molar refractivity (Wildman–Crippen MR) is 64.4 cm³/mol. The molecule has 0 aromatic heterocycles. The first-order valence-electron chi connectivity index (χ1n) is 6.69. The molecule has 84 valence electrons. The van der Waals surface area contributed by atoms with Crippen LogP contribution in [0.5, 0.6) is 0 Å². The van der Waals surface area contributed by atoms with Crippen molar-refractivity contribution >= 4 is 0 Å². The number of rotatable bonds is 5. The standard InChI is InChI=1S/C14H28/c1-5-7-14(12(4)6-2)13-9-8-11(3)10-13/h11-14H,5-10H2,1-4H3. The van der Waals surface area contributed by atoms with Crippen LogP contribution in [-0.2, 0) is 0 Å². The zero-order valence-electron chi connectivity index (χ0n) is 10.6. The van der Waals surface area contributed by atoms with Crippen LogP contribution in [0.3, 0.4) is 0 Å². The fraction of sp³-hybridized carbons (Fsp3) is 1.00. The van der Waals surface area contributed by atoms with Crippen LogP contribution in [0.15, 0.2) is 0 Å². The zero-order chi connectivity index (χ0) is 10.6. The minimum atomic E-state index is 0.949. The quantitative estimate of drug-likeness (QED) is 0.587. The van der Waals surface area contributed by atoms with Crippen LogP contribution in [0.1, 0.15) is 66.2 Å². The van der Waals surface area contributed by atoms with E-state index in [4.69, 9.17) is 0 Å². The minimum absolute atomic E-state index is 0.949. The van der Waals surface area contributed by atoms with Gasteiger partial charge in [0.25, 0.3) is 0 Å². The first kappa shape index (κ1) is 12.1. The number of hydrogen-bond donors (Lipinski definition) is 0. The molecule has 0 aromatic carbocycles. The molecule has 0 bridgehead atoms. The molecule has 0 saturated heterocycles. The van der Waals surface area contributed by atoms with Crippen LogP contribution < -0.4 is 0 Å². The Bertz CT molecular complexity index is 150. The van der Waals surface area contributed by atoms with Gasteiger partial charge in [-0.2, -0.15) is 0 Å². The Kier molecular flexibility index (Phi) is 4.98. The van der Waals surface area contributed by atoms with E-state index in [-0.39, 0.29) is 0 Å². The van der Waals surface area contributed by atoms with Crippen molar-refractivity contribution < 1.29 is 0 Å². The molecule has 1 aliphatic carbocycles. The molecule has 0 N–H and O–H groups in total. The maximum absolute atomic E-state index is 2.46. The summed E-state index contributed by atoms with van der Waals surface area (Å²) in [4.78, 5) is 0. The molecule has 0 radical (unpaired) electrons. The van der Waals surface area contributed by atoms with Crippen LogP contribution in [-0.4, -0.2) is 0 Å². The van der Waals surface area contributed by atoms with E-state index in [1.54, 1.807) is 0 Å². The van der Waals surface area contributed by atoms with Crippen LogP contribution in [0, 0.1) is 23.7 Å². The summed E-state index contributed by atoms with van der Waals surface area (Å²) in [5.41, 5.74) is 0. The second-order valence-corrected chi connectivity index (χ2v) is 5.52. The van der Waals surface area contributed by atoms with Gasteiger partial charge in [0.15, 0.2) is 0 Å². The van der Waals surface area contributed by atoms with E-state index in [9.17, 15) is 0 Å². The van der Waals surface area contributed by atoms with Crippen molar-refractivity contribution in [1.29, 1.82) is 0 Å². The van der Waals surface area contributed by atoms with E-state index in [0.29, 0.717) is 0 Å². The number of hydrogen-bond acceptors (Lipinski definition) is 0. The van der Waals surface area contributed by atoms with Gasteiger partial charge < -0.3 is 0 Å². The van der Waals surface area contributed by atoms with Crippen molar-refractivity contribution in [2.75, 3.05) is 0 Å².